The standard InChI is InChI=1S/C11H14ClNO3/c1-6(13)10(14)7-4-5-8(15-2)11(16-3)9(7)12/h4-6H,13H2,1-3H3. The average Bonchev–Trinajstić information content (AvgIpc) is 2.27. The fraction of sp³-hybridized carbons (Fsp3) is 0.364. The fourth-order valence-corrected chi connectivity index (χ4v) is 1.65. The van der Waals surface area contributed by atoms with E-state index < -0.39 is 6.04 Å². The van der Waals surface area contributed by atoms with Gasteiger partial charge in [0.1, 0.15) is 0 Å². The molecule has 0 saturated carbocycles. The Balaban J connectivity index is 3.29. The molecular formula is C11H14ClNO3. The monoisotopic (exact) mass is 243 g/mol. The fourth-order valence-electron chi connectivity index (χ4n) is 1.32. The van der Waals surface area contributed by atoms with Gasteiger partial charge in [-0.25, -0.2) is 0 Å². The Labute approximate surface area is 99.3 Å². The van der Waals surface area contributed by atoms with E-state index in [4.69, 9.17) is 26.8 Å². The lowest BCUT2D eigenvalue weighted by Gasteiger charge is -2.13. The molecule has 1 aromatic carbocycles. The Morgan fingerprint density at radius 3 is 2.44 bits per heavy atom. The first-order valence-corrected chi connectivity index (χ1v) is 5.11. The Bertz CT molecular complexity index is 404. The molecule has 4 nitrogen and oxygen atoms in total. The van der Waals surface area contributed by atoms with Gasteiger partial charge in [-0.05, 0) is 19.1 Å². The van der Waals surface area contributed by atoms with Gasteiger partial charge in [-0.1, -0.05) is 11.6 Å². The number of hydrogen-bond acceptors (Lipinski definition) is 4. The van der Waals surface area contributed by atoms with E-state index in [9.17, 15) is 4.79 Å². The molecule has 1 atom stereocenters. The number of rotatable bonds is 4. The van der Waals surface area contributed by atoms with Crippen LogP contribution in [0.25, 0.3) is 0 Å². The SMILES string of the molecule is COc1ccc(C(=O)C(C)N)c(Cl)c1OC. The minimum Gasteiger partial charge on any atom is -0.493 e. The first kappa shape index (κ1) is 12.8. The minimum absolute atomic E-state index is 0.226. The predicted molar refractivity (Wildman–Crippen MR) is 62.5 cm³/mol. The van der Waals surface area contributed by atoms with E-state index in [0.717, 1.165) is 0 Å². The van der Waals surface area contributed by atoms with Crippen molar-refractivity contribution < 1.29 is 14.3 Å². The Morgan fingerprint density at radius 2 is 2.00 bits per heavy atom. The number of carbonyl (C=O) groups excluding carboxylic acids is 1. The van der Waals surface area contributed by atoms with Gasteiger partial charge in [-0.15, -0.1) is 0 Å². The molecule has 0 aliphatic carbocycles. The summed E-state index contributed by atoms with van der Waals surface area (Å²) in [6.07, 6.45) is 0. The smallest absolute Gasteiger partial charge is 0.180 e. The summed E-state index contributed by atoms with van der Waals surface area (Å²) in [6.45, 7) is 1.61. The maximum atomic E-state index is 11.7. The second-order valence-electron chi connectivity index (χ2n) is 3.32. The van der Waals surface area contributed by atoms with Crippen molar-refractivity contribution in [3.05, 3.63) is 22.7 Å². The van der Waals surface area contributed by atoms with Gasteiger partial charge in [0.05, 0.1) is 25.3 Å². The van der Waals surface area contributed by atoms with Crippen LogP contribution in [0.4, 0.5) is 0 Å². The maximum Gasteiger partial charge on any atom is 0.180 e. The van der Waals surface area contributed by atoms with Gasteiger partial charge in [0.2, 0.25) is 0 Å². The second kappa shape index (κ2) is 5.18. The minimum atomic E-state index is -0.601. The molecule has 0 bridgehead atoms. The highest BCUT2D eigenvalue weighted by Crippen LogP contribution is 2.37. The van der Waals surface area contributed by atoms with Crippen LogP contribution in [-0.4, -0.2) is 26.0 Å². The van der Waals surface area contributed by atoms with Crippen LogP contribution >= 0.6 is 11.6 Å². The summed E-state index contributed by atoms with van der Waals surface area (Å²) < 4.78 is 10.1. The number of ether oxygens (including phenoxy) is 2. The highest BCUT2D eigenvalue weighted by atomic mass is 35.5. The Morgan fingerprint density at radius 1 is 1.38 bits per heavy atom. The average molecular weight is 244 g/mol. The molecule has 88 valence electrons. The molecule has 0 aliphatic rings. The molecule has 0 saturated heterocycles. The third-order valence-electron chi connectivity index (χ3n) is 2.16. The van der Waals surface area contributed by atoms with E-state index in [2.05, 4.69) is 0 Å². The summed E-state index contributed by atoms with van der Waals surface area (Å²) in [5, 5.41) is 0.226. The number of ketones is 1. The molecule has 0 radical (unpaired) electrons. The molecule has 0 aliphatic heterocycles. The summed E-state index contributed by atoms with van der Waals surface area (Å²) in [5.41, 5.74) is 5.86. The highest BCUT2D eigenvalue weighted by molar-refractivity contribution is 6.35. The highest BCUT2D eigenvalue weighted by Gasteiger charge is 2.20. The van der Waals surface area contributed by atoms with Gasteiger partial charge in [0.25, 0.3) is 0 Å². The summed E-state index contributed by atoms with van der Waals surface area (Å²) in [4.78, 5) is 11.7. The maximum absolute atomic E-state index is 11.7. The normalized spacial score (nSPS) is 12.1. The van der Waals surface area contributed by atoms with Crippen LogP contribution in [0, 0.1) is 0 Å². The van der Waals surface area contributed by atoms with Crippen LogP contribution in [0.2, 0.25) is 5.02 Å². The van der Waals surface area contributed by atoms with Crippen molar-refractivity contribution in [3.63, 3.8) is 0 Å². The zero-order valence-electron chi connectivity index (χ0n) is 9.41. The molecule has 0 aromatic heterocycles. The van der Waals surface area contributed by atoms with Crippen molar-refractivity contribution in [2.75, 3.05) is 14.2 Å². The van der Waals surface area contributed by atoms with Gasteiger partial charge in [-0.3, -0.25) is 4.79 Å². The third kappa shape index (κ3) is 2.28. The van der Waals surface area contributed by atoms with Crippen LogP contribution < -0.4 is 15.2 Å². The number of benzene rings is 1. The number of hydrogen-bond donors (Lipinski definition) is 1. The predicted octanol–water partition coefficient (Wildman–Crippen LogP) is 1.89. The van der Waals surface area contributed by atoms with Gasteiger partial charge in [0.15, 0.2) is 17.3 Å². The number of carbonyl (C=O) groups is 1. The number of halogens is 1. The molecular weight excluding hydrogens is 230 g/mol. The topological polar surface area (TPSA) is 61.5 Å². The van der Waals surface area contributed by atoms with E-state index in [0.29, 0.717) is 17.1 Å². The largest absolute Gasteiger partial charge is 0.493 e. The number of Topliss-reactive ketones (excluding diaryl/α,β-unsaturated/α-hetero) is 1. The lowest BCUT2D eigenvalue weighted by atomic mass is 10.1. The molecule has 1 unspecified atom stereocenters. The molecule has 0 heterocycles. The van der Waals surface area contributed by atoms with E-state index in [1.807, 2.05) is 0 Å². The number of nitrogens with two attached hydrogens (primary N) is 1. The molecule has 1 rings (SSSR count). The second-order valence-corrected chi connectivity index (χ2v) is 3.69. The zero-order chi connectivity index (χ0) is 12.3. The van der Waals surface area contributed by atoms with E-state index in [1.165, 1.54) is 14.2 Å². The van der Waals surface area contributed by atoms with E-state index in [1.54, 1.807) is 19.1 Å². The molecule has 0 spiro atoms. The van der Waals surface area contributed by atoms with Crippen LogP contribution in [-0.2, 0) is 0 Å². The Hall–Kier alpha value is -1.26. The molecule has 5 heteroatoms. The van der Waals surface area contributed by atoms with E-state index in [-0.39, 0.29) is 10.8 Å². The Kier molecular flexibility index (Phi) is 4.15. The summed E-state index contributed by atoms with van der Waals surface area (Å²) in [5.74, 6) is 0.593. The van der Waals surface area contributed by atoms with Crippen molar-refractivity contribution >= 4 is 17.4 Å². The van der Waals surface area contributed by atoms with Gasteiger partial charge in [0, 0.05) is 5.56 Å². The van der Waals surface area contributed by atoms with Crippen LogP contribution in [0.5, 0.6) is 11.5 Å². The van der Waals surface area contributed by atoms with Gasteiger partial charge in [-0.2, -0.15) is 0 Å². The zero-order valence-corrected chi connectivity index (χ0v) is 10.2. The lowest BCUT2D eigenvalue weighted by Crippen LogP contribution is -2.26. The number of methoxy groups -OCH3 is 2. The van der Waals surface area contributed by atoms with Crippen LogP contribution in [0.1, 0.15) is 17.3 Å². The third-order valence-corrected chi connectivity index (χ3v) is 2.54. The molecule has 0 fully saturated rings. The first-order chi connectivity index (χ1) is 7.52. The summed E-state index contributed by atoms with van der Waals surface area (Å²) in [6, 6.07) is 2.60. The van der Waals surface area contributed by atoms with Crippen molar-refractivity contribution in [1.82, 2.24) is 0 Å². The molecule has 2 N–H and O–H groups in total. The van der Waals surface area contributed by atoms with Crippen molar-refractivity contribution in [1.29, 1.82) is 0 Å². The van der Waals surface area contributed by atoms with Crippen LogP contribution in [0.3, 0.4) is 0 Å². The molecule has 0 amide bonds. The van der Waals surface area contributed by atoms with Crippen LogP contribution in [0.15, 0.2) is 12.1 Å². The molecule has 16 heavy (non-hydrogen) atoms. The van der Waals surface area contributed by atoms with E-state index >= 15 is 0 Å². The molecule has 1 aromatic rings. The summed E-state index contributed by atoms with van der Waals surface area (Å²) in [7, 11) is 2.96. The van der Waals surface area contributed by atoms with Crippen molar-refractivity contribution in [2.24, 2.45) is 5.73 Å². The summed E-state index contributed by atoms with van der Waals surface area (Å²) >= 11 is 6.05. The first-order valence-electron chi connectivity index (χ1n) is 4.73. The quantitative estimate of drug-likeness (QED) is 0.821. The lowest BCUT2D eigenvalue weighted by molar-refractivity contribution is 0.0967. The van der Waals surface area contributed by atoms with Crippen molar-refractivity contribution in [2.45, 2.75) is 13.0 Å². The van der Waals surface area contributed by atoms with Gasteiger partial charge < -0.3 is 15.2 Å². The van der Waals surface area contributed by atoms with Gasteiger partial charge >= 0.3 is 0 Å². The van der Waals surface area contributed by atoms with Crippen molar-refractivity contribution in [3.8, 4) is 11.5 Å².